The van der Waals surface area contributed by atoms with Crippen LogP contribution in [-0.4, -0.2) is 50.6 Å². The minimum atomic E-state index is 0.262. The summed E-state index contributed by atoms with van der Waals surface area (Å²) in [6.07, 6.45) is 4.15. The number of rotatable bonds is 6. The molecule has 4 heterocycles. The van der Waals surface area contributed by atoms with E-state index < -0.39 is 0 Å². The maximum atomic E-state index is 7.34. The van der Waals surface area contributed by atoms with Gasteiger partial charge in [0.1, 0.15) is 28.5 Å². The third kappa shape index (κ3) is 4.18. The molecule has 3 aromatic heterocycles. The summed E-state index contributed by atoms with van der Waals surface area (Å²) in [4.78, 5) is 16.9. The summed E-state index contributed by atoms with van der Waals surface area (Å²) in [5.41, 5.74) is 18.0. The van der Waals surface area contributed by atoms with E-state index >= 15 is 0 Å². The topological polar surface area (TPSA) is 122 Å². The van der Waals surface area contributed by atoms with Crippen molar-refractivity contribution in [3.63, 3.8) is 0 Å². The van der Waals surface area contributed by atoms with Crippen molar-refractivity contribution in [1.29, 1.82) is 5.41 Å². The zero-order chi connectivity index (χ0) is 22.9. The Kier molecular flexibility index (Phi) is 5.76. The first-order valence-electron chi connectivity index (χ1n) is 10.9. The lowest BCUT2D eigenvalue weighted by Crippen LogP contribution is -2.26. The molecule has 168 valence electrons. The highest BCUT2D eigenvalue weighted by molar-refractivity contribution is 7.17. The number of pyridine rings is 1. The third-order valence-corrected chi connectivity index (χ3v) is 6.97. The van der Waals surface area contributed by atoms with Crippen LogP contribution in [0.2, 0.25) is 0 Å². The molecule has 4 aromatic rings. The first kappa shape index (κ1) is 21.4. The number of aliphatic imine (C=N–C) groups is 1. The first-order chi connectivity index (χ1) is 16.0. The minimum Gasteiger partial charge on any atom is -0.382 e. The standard InChI is InChI=1S/C24H26N8S/c1-15-21(32-12-16(7-8-19(32)29-15)11-31-10-9-18(26)13-31)24-30-20(17-5-3-2-4-6-17)22(33-24)23(27)28-14-25/h2-8,12,14,18H,9-11,13,26H2,1H3,(H3,25,27,28). The van der Waals surface area contributed by atoms with Crippen molar-refractivity contribution >= 4 is 29.2 Å². The third-order valence-electron chi connectivity index (χ3n) is 5.88. The van der Waals surface area contributed by atoms with Crippen LogP contribution in [0, 0.1) is 12.3 Å². The maximum absolute atomic E-state index is 7.34. The van der Waals surface area contributed by atoms with Crippen molar-refractivity contribution in [3.05, 3.63) is 64.8 Å². The second-order valence-corrected chi connectivity index (χ2v) is 9.30. The van der Waals surface area contributed by atoms with E-state index in [1.165, 1.54) is 16.9 Å². The van der Waals surface area contributed by atoms with E-state index in [2.05, 4.69) is 32.6 Å². The molecule has 1 aliphatic rings. The number of likely N-dealkylation sites (tertiary alicyclic amines) is 1. The minimum absolute atomic E-state index is 0.262. The number of nitrogens with one attached hydrogen (secondary N) is 1. The molecular formula is C24H26N8S. The predicted octanol–water partition coefficient (Wildman–Crippen LogP) is 3.28. The molecule has 1 unspecified atom stereocenters. The van der Waals surface area contributed by atoms with Gasteiger partial charge in [0.15, 0.2) is 0 Å². The molecule has 33 heavy (non-hydrogen) atoms. The van der Waals surface area contributed by atoms with Gasteiger partial charge in [-0.15, -0.1) is 11.3 Å². The zero-order valence-electron chi connectivity index (χ0n) is 18.4. The molecule has 0 bridgehead atoms. The Morgan fingerprint density at radius 3 is 2.79 bits per heavy atom. The highest BCUT2D eigenvalue weighted by atomic mass is 32.1. The van der Waals surface area contributed by atoms with Gasteiger partial charge >= 0.3 is 0 Å². The molecule has 1 saturated heterocycles. The van der Waals surface area contributed by atoms with Gasteiger partial charge in [0.2, 0.25) is 0 Å². The zero-order valence-corrected chi connectivity index (χ0v) is 19.2. The fourth-order valence-corrected chi connectivity index (χ4v) is 5.43. The second-order valence-electron chi connectivity index (χ2n) is 8.30. The highest BCUT2D eigenvalue weighted by Gasteiger charge is 2.22. The fraction of sp³-hybridized carbons (Fsp3) is 0.250. The van der Waals surface area contributed by atoms with E-state index in [-0.39, 0.29) is 11.9 Å². The van der Waals surface area contributed by atoms with Crippen molar-refractivity contribution in [2.75, 3.05) is 13.1 Å². The lowest BCUT2D eigenvalue weighted by Gasteiger charge is -2.15. The summed E-state index contributed by atoms with van der Waals surface area (Å²) >= 11 is 1.47. The molecule has 1 aliphatic heterocycles. The van der Waals surface area contributed by atoms with Gasteiger partial charge in [-0.25, -0.2) is 15.0 Å². The summed E-state index contributed by atoms with van der Waals surface area (Å²) in [5, 5.41) is 8.16. The average Bonchev–Trinajstić information content (AvgIpc) is 3.50. The van der Waals surface area contributed by atoms with Gasteiger partial charge in [-0.1, -0.05) is 36.4 Å². The van der Waals surface area contributed by atoms with Crippen LogP contribution in [0.25, 0.3) is 27.6 Å². The van der Waals surface area contributed by atoms with Crippen LogP contribution >= 0.6 is 11.3 Å². The van der Waals surface area contributed by atoms with Crippen LogP contribution in [0.3, 0.4) is 0 Å². The number of aromatic nitrogens is 3. The van der Waals surface area contributed by atoms with Gasteiger partial charge < -0.3 is 11.5 Å². The molecule has 8 nitrogen and oxygen atoms in total. The van der Waals surface area contributed by atoms with Crippen LogP contribution in [0.15, 0.2) is 53.7 Å². The SMILES string of the molecule is Cc1nc2ccc(CN3CCC(N)C3)cn2c1-c1nc(-c2ccccc2)c(C(N)=NC=N)s1. The molecule has 0 radical (unpaired) electrons. The number of amidine groups is 1. The number of hydrogen-bond donors (Lipinski definition) is 3. The number of hydrogen-bond acceptors (Lipinski definition) is 6. The van der Waals surface area contributed by atoms with Crippen molar-refractivity contribution < 1.29 is 0 Å². The molecule has 9 heteroatoms. The molecule has 1 aromatic carbocycles. The van der Waals surface area contributed by atoms with Gasteiger partial charge in [-0.05, 0) is 25.0 Å². The fourth-order valence-electron chi connectivity index (χ4n) is 4.34. The lowest BCUT2D eigenvalue weighted by atomic mass is 10.1. The van der Waals surface area contributed by atoms with Crippen molar-refractivity contribution in [2.45, 2.75) is 25.9 Å². The molecule has 0 saturated carbocycles. The monoisotopic (exact) mass is 458 g/mol. The lowest BCUT2D eigenvalue weighted by molar-refractivity contribution is 0.326. The second kappa shape index (κ2) is 8.86. The number of benzene rings is 1. The van der Waals surface area contributed by atoms with Crippen molar-refractivity contribution in [3.8, 4) is 22.0 Å². The average molecular weight is 459 g/mol. The molecule has 0 spiro atoms. The van der Waals surface area contributed by atoms with Crippen LogP contribution in [-0.2, 0) is 6.54 Å². The Morgan fingerprint density at radius 2 is 2.06 bits per heavy atom. The maximum Gasteiger partial charge on any atom is 0.144 e. The van der Waals surface area contributed by atoms with Crippen LogP contribution in [0.5, 0.6) is 0 Å². The number of nitrogens with zero attached hydrogens (tertiary/aromatic N) is 5. The summed E-state index contributed by atoms with van der Waals surface area (Å²) in [6.45, 7) is 4.81. The van der Waals surface area contributed by atoms with Gasteiger partial charge in [0.05, 0.1) is 16.3 Å². The Hall–Kier alpha value is -3.40. The quantitative estimate of drug-likeness (QED) is 0.302. The molecule has 1 atom stereocenters. The molecule has 5 rings (SSSR count). The molecule has 0 aliphatic carbocycles. The van der Waals surface area contributed by atoms with E-state index in [4.69, 9.17) is 26.8 Å². The summed E-state index contributed by atoms with van der Waals surface area (Å²) in [7, 11) is 0. The number of nitrogens with two attached hydrogens (primary N) is 2. The number of aryl methyl sites for hydroxylation is 1. The normalized spacial score (nSPS) is 17.2. The Balaban J connectivity index is 1.61. The van der Waals surface area contributed by atoms with Crippen molar-refractivity contribution in [2.24, 2.45) is 16.5 Å². The van der Waals surface area contributed by atoms with Gasteiger partial charge in [-0.2, -0.15) is 0 Å². The van der Waals surface area contributed by atoms with Gasteiger partial charge in [0.25, 0.3) is 0 Å². The smallest absolute Gasteiger partial charge is 0.144 e. The largest absolute Gasteiger partial charge is 0.382 e. The molecular weight excluding hydrogens is 432 g/mol. The van der Waals surface area contributed by atoms with E-state index in [0.717, 1.165) is 70.6 Å². The summed E-state index contributed by atoms with van der Waals surface area (Å²) in [6, 6.07) is 14.4. The molecule has 0 amide bonds. The summed E-state index contributed by atoms with van der Waals surface area (Å²) in [5.74, 6) is 0.283. The van der Waals surface area contributed by atoms with E-state index in [1.54, 1.807) is 0 Å². The highest BCUT2D eigenvalue weighted by Crippen LogP contribution is 2.35. The molecule has 1 fully saturated rings. The van der Waals surface area contributed by atoms with Crippen LogP contribution in [0.1, 0.15) is 22.6 Å². The number of thiazole rings is 1. The van der Waals surface area contributed by atoms with E-state index in [1.807, 2.05) is 37.3 Å². The van der Waals surface area contributed by atoms with Crippen LogP contribution in [0.4, 0.5) is 0 Å². The number of fused-ring (bicyclic) bond motifs is 1. The van der Waals surface area contributed by atoms with E-state index in [0.29, 0.717) is 0 Å². The van der Waals surface area contributed by atoms with Gasteiger partial charge in [-0.3, -0.25) is 14.7 Å². The first-order valence-corrected chi connectivity index (χ1v) is 11.7. The predicted molar refractivity (Wildman–Crippen MR) is 134 cm³/mol. The molecule has 5 N–H and O–H groups in total. The Morgan fingerprint density at radius 1 is 1.24 bits per heavy atom. The number of imidazole rings is 1. The van der Waals surface area contributed by atoms with E-state index in [9.17, 15) is 0 Å². The summed E-state index contributed by atoms with van der Waals surface area (Å²) < 4.78 is 2.11. The van der Waals surface area contributed by atoms with Crippen molar-refractivity contribution in [1.82, 2.24) is 19.3 Å². The Bertz CT molecular complexity index is 1340. The van der Waals surface area contributed by atoms with Gasteiger partial charge in [0, 0.05) is 37.4 Å². The van der Waals surface area contributed by atoms with Crippen LogP contribution < -0.4 is 11.5 Å². The Labute approximate surface area is 196 Å².